The Morgan fingerprint density at radius 2 is 2.56 bits per heavy atom. The topological polar surface area (TPSA) is 13.7 Å². The molecule has 0 amide bonds. The fraction of sp³-hybridized carbons (Fsp3) is 0.857. The van der Waals surface area contributed by atoms with E-state index >= 15 is 0 Å². The highest BCUT2D eigenvalue weighted by Crippen LogP contribution is 1.94. The molecule has 0 aromatic carbocycles. The Morgan fingerprint density at radius 1 is 1.78 bits per heavy atom. The molecule has 0 aromatic heterocycles. The molecule has 0 radical (unpaired) electrons. The molecule has 0 saturated carbocycles. The van der Waals surface area contributed by atoms with Gasteiger partial charge in [-0.05, 0) is 6.92 Å². The molecule has 1 saturated heterocycles. The highest BCUT2D eigenvalue weighted by molar-refractivity contribution is 4.61. The predicted octanol–water partition coefficient (Wildman–Crippen LogP) is -0.528. The zero-order valence-corrected chi connectivity index (χ0v) is 6.02. The van der Waals surface area contributed by atoms with Gasteiger partial charge in [-0.25, -0.2) is 0 Å². The normalized spacial score (nSPS) is 34.0. The van der Waals surface area contributed by atoms with Crippen LogP contribution in [-0.4, -0.2) is 25.8 Å². The number of nitrogens with one attached hydrogen (secondary N) is 1. The van der Waals surface area contributed by atoms with Crippen LogP contribution in [-0.2, 0) is 4.74 Å². The summed E-state index contributed by atoms with van der Waals surface area (Å²) in [6.45, 7) is 4.98. The van der Waals surface area contributed by atoms with E-state index in [2.05, 4.69) is 7.05 Å². The average molecular weight is 129 g/mol. The van der Waals surface area contributed by atoms with Crippen molar-refractivity contribution in [1.29, 1.82) is 0 Å². The van der Waals surface area contributed by atoms with Gasteiger partial charge >= 0.3 is 0 Å². The van der Waals surface area contributed by atoms with Gasteiger partial charge in [0.1, 0.15) is 0 Å². The van der Waals surface area contributed by atoms with Gasteiger partial charge in [-0.3, -0.25) is 0 Å². The minimum Gasteiger partial charge on any atom is -0.463 e. The van der Waals surface area contributed by atoms with Crippen LogP contribution in [0.15, 0.2) is 0 Å². The lowest BCUT2D eigenvalue weighted by Gasteiger charge is -2.39. The smallest absolute Gasteiger partial charge is 0.0965 e. The lowest BCUT2D eigenvalue weighted by molar-refractivity contribution is -0.925. The summed E-state index contributed by atoms with van der Waals surface area (Å²) in [6.07, 6.45) is 1.29. The number of ether oxygens (including phenoxy) is 1. The van der Waals surface area contributed by atoms with Crippen molar-refractivity contribution in [3.8, 4) is 0 Å². The van der Waals surface area contributed by atoms with Crippen LogP contribution in [0.3, 0.4) is 0 Å². The summed E-state index contributed by atoms with van der Waals surface area (Å²) < 4.78 is 5.25. The first-order chi connectivity index (χ1) is 4.34. The second-order valence-corrected chi connectivity index (χ2v) is 2.55. The van der Waals surface area contributed by atoms with Gasteiger partial charge in [0.15, 0.2) is 0 Å². The van der Waals surface area contributed by atoms with E-state index in [1.807, 2.05) is 6.92 Å². The van der Waals surface area contributed by atoms with Gasteiger partial charge in [-0.15, -0.1) is 0 Å². The minimum absolute atomic E-state index is 0.685. The van der Waals surface area contributed by atoms with Crippen molar-refractivity contribution in [2.45, 2.75) is 19.4 Å². The first-order valence-electron chi connectivity index (χ1n) is 3.60. The molecule has 0 spiro atoms. The molecule has 9 heavy (non-hydrogen) atoms. The van der Waals surface area contributed by atoms with Crippen molar-refractivity contribution in [3.05, 3.63) is 7.05 Å². The largest absolute Gasteiger partial charge is 0.463 e. The van der Waals surface area contributed by atoms with Crippen LogP contribution in [0.25, 0.3) is 0 Å². The quantitative estimate of drug-likeness (QED) is 0.506. The highest BCUT2D eigenvalue weighted by Gasteiger charge is 2.23. The van der Waals surface area contributed by atoms with Crippen molar-refractivity contribution < 1.29 is 9.64 Å². The zero-order chi connectivity index (χ0) is 6.69. The van der Waals surface area contributed by atoms with Gasteiger partial charge in [-0.2, -0.15) is 7.05 Å². The Hall–Kier alpha value is -0.0800. The van der Waals surface area contributed by atoms with Crippen LogP contribution in [0.4, 0.5) is 0 Å². The molecular formula is C7H15NO. The molecule has 0 aliphatic carbocycles. The van der Waals surface area contributed by atoms with E-state index in [9.17, 15) is 0 Å². The lowest BCUT2D eigenvalue weighted by Crippen LogP contribution is -3.18. The second-order valence-electron chi connectivity index (χ2n) is 2.55. The SMILES string of the molecule is [CH2-][NH+]1CC[C@@H]1COCC. The Kier molecular flexibility index (Phi) is 2.49. The third kappa shape index (κ3) is 1.66. The number of rotatable bonds is 3. The van der Waals surface area contributed by atoms with Crippen LogP contribution < -0.4 is 4.90 Å². The number of hydrogen-bond donors (Lipinski definition) is 1. The van der Waals surface area contributed by atoms with Crippen molar-refractivity contribution >= 4 is 0 Å². The van der Waals surface area contributed by atoms with Gasteiger partial charge in [0.25, 0.3) is 0 Å². The maximum Gasteiger partial charge on any atom is 0.0965 e. The molecule has 1 heterocycles. The monoisotopic (exact) mass is 129 g/mol. The van der Waals surface area contributed by atoms with Crippen molar-refractivity contribution in [1.82, 2.24) is 0 Å². The summed E-state index contributed by atoms with van der Waals surface area (Å²) in [5, 5.41) is 0. The summed E-state index contributed by atoms with van der Waals surface area (Å²) in [6, 6.07) is 0.685. The molecule has 2 atom stereocenters. The molecule has 1 rings (SSSR count). The van der Waals surface area contributed by atoms with E-state index in [0.29, 0.717) is 6.04 Å². The van der Waals surface area contributed by atoms with Crippen LogP contribution in [0, 0.1) is 7.05 Å². The molecule has 1 aliphatic rings. The van der Waals surface area contributed by atoms with Crippen molar-refractivity contribution in [2.24, 2.45) is 0 Å². The maximum atomic E-state index is 5.25. The predicted molar refractivity (Wildman–Crippen MR) is 36.1 cm³/mol. The molecule has 2 nitrogen and oxygen atoms in total. The van der Waals surface area contributed by atoms with E-state index in [4.69, 9.17) is 4.74 Å². The van der Waals surface area contributed by atoms with E-state index in [-0.39, 0.29) is 0 Å². The third-order valence-corrected chi connectivity index (χ3v) is 1.91. The van der Waals surface area contributed by atoms with Crippen LogP contribution in [0.1, 0.15) is 13.3 Å². The number of likely N-dealkylation sites (tertiary alicyclic amines) is 1. The Morgan fingerprint density at radius 3 is 2.89 bits per heavy atom. The Bertz CT molecular complexity index is 85.0. The average Bonchev–Trinajstić information content (AvgIpc) is 1.86. The molecule has 2 heteroatoms. The zero-order valence-electron chi connectivity index (χ0n) is 6.02. The van der Waals surface area contributed by atoms with E-state index in [0.717, 1.165) is 13.2 Å². The molecule has 1 aliphatic heterocycles. The van der Waals surface area contributed by atoms with Gasteiger partial charge in [0.2, 0.25) is 0 Å². The maximum absolute atomic E-state index is 5.25. The van der Waals surface area contributed by atoms with Crippen LogP contribution in [0.2, 0.25) is 0 Å². The summed E-state index contributed by atoms with van der Waals surface area (Å²) in [7, 11) is 3.91. The Balaban J connectivity index is 1.99. The molecule has 1 fully saturated rings. The van der Waals surface area contributed by atoms with Crippen molar-refractivity contribution in [2.75, 3.05) is 19.8 Å². The highest BCUT2D eigenvalue weighted by atomic mass is 16.5. The van der Waals surface area contributed by atoms with Gasteiger partial charge < -0.3 is 9.64 Å². The summed E-state index contributed by atoms with van der Waals surface area (Å²) in [4.78, 5) is 1.38. The van der Waals surface area contributed by atoms with Crippen molar-refractivity contribution in [3.63, 3.8) is 0 Å². The molecule has 1 unspecified atom stereocenters. The summed E-state index contributed by atoms with van der Waals surface area (Å²) in [5.74, 6) is 0. The first kappa shape index (κ1) is 7.03. The van der Waals surface area contributed by atoms with Crippen LogP contribution in [0.5, 0.6) is 0 Å². The van der Waals surface area contributed by atoms with E-state index < -0.39 is 0 Å². The fourth-order valence-electron chi connectivity index (χ4n) is 1.01. The third-order valence-electron chi connectivity index (χ3n) is 1.91. The summed E-state index contributed by atoms with van der Waals surface area (Å²) >= 11 is 0. The fourth-order valence-corrected chi connectivity index (χ4v) is 1.01. The van der Waals surface area contributed by atoms with E-state index in [1.54, 1.807) is 0 Å². The number of hydrogen-bond acceptors (Lipinski definition) is 1. The minimum atomic E-state index is 0.685. The van der Waals surface area contributed by atoms with Gasteiger partial charge in [0.05, 0.1) is 19.2 Å². The van der Waals surface area contributed by atoms with Crippen LogP contribution >= 0.6 is 0 Å². The molecular weight excluding hydrogens is 114 g/mol. The molecule has 0 bridgehead atoms. The van der Waals surface area contributed by atoms with E-state index in [1.165, 1.54) is 17.9 Å². The molecule has 54 valence electrons. The summed E-state index contributed by atoms with van der Waals surface area (Å²) in [5.41, 5.74) is 0. The second kappa shape index (κ2) is 3.18. The Labute approximate surface area is 56.8 Å². The van der Waals surface area contributed by atoms with Gasteiger partial charge in [0, 0.05) is 13.0 Å². The number of quaternary nitrogens is 1. The standard InChI is InChI=1S/C7H15NO/c1-3-9-6-7-4-5-8(7)2/h7-8H,2-6H2,1H3/t7-/m1/s1. The first-order valence-corrected chi connectivity index (χ1v) is 3.60. The molecule has 1 N–H and O–H groups in total. The van der Waals surface area contributed by atoms with Gasteiger partial charge in [-0.1, -0.05) is 0 Å². The lowest BCUT2D eigenvalue weighted by atomic mass is 10.1. The molecule has 0 aromatic rings.